The molecule has 1 saturated heterocycles. The second kappa shape index (κ2) is 4.41. The third kappa shape index (κ3) is 2.16. The first-order valence-electron chi connectivity index (χ1n) is 5.21. The first-order chi connectivity index (χ1) is 7.31. The molecule has 1 aliphatic rings. The van der Waals surface area contributed by atoms with Gasteiger partial charge in [-0.2, -0.15) is 5.26 Å². The molecule has 0 radical (unpaired) electrons. The Morgan fingerprint density at radius 2 is 2.13 bits per heavy atom. The van der Waals surface area contributed by atoms with E-state index in [0.717, 1.165) is 19.3 Å². The molecule has 1 heterocycles. The van der Waals surface area contributed by atoms with Crippen LogP contribution in [0.5, 0.6) is 0 Å². The van der Waals surface area contributed by atoms with Crippen LogP contribution >= 0.6 is 0 Å². The van der Waals surface area contributed by atoms with Crippen molar-refractivity contribution in [1.82, 2.24) is 5.32 Å². The summed E-state index contributed by atoms with van der Waals surface area (Å²) < 4.78 is 13.5. The minimum Gasteiger partial charge on any atom is -0.295 e. The molecule has 2 unspecified atom stereocenters. The molecule has 78 valence electrons. The number of nitrogens with one attached hydrogen (secondary N) is 1. The summed E-state index contributed by atoms with van der Waals surface area (Å²) in [6, 6.07) is 8.81. The Labute approximate surface area is 88.7 Å². The highest BCUT2D eigenvalue weighted by Crippen LogP contribution is 2.26. The number of hydrogen-bond donors (Lipinski definition) is 1. The highest BCUT2D eigenvalue weighted by atomic mass is 19.1. The molecule has 0 saturated carbocycles. The maximum Gasteiger partial charge on any atom is 0.127 e. The van der Waals surface area contributed by atoms with Gasteiger partial charge in [-0.3, -0.25) is 5.32 Å². The maximum absolute atomic E-state index is 13.5. The lowest BCUT2D eigenvalue weighted by atomic mass is 9.94. The predicted octanol–water partition coefficient (Wildman–Crippen LogP) is 2.53. The maximum atomic E-state index is 13.5. The predicted molar refractivity (Wildman–Crippen MR) is 55.5 cm³/mol. The van der Waals surface area contributed by atoms with E-state index in [1.165, 1.54) is 6.07 Å². The number of piperidine rings is 1. The number of nitrogens with zero attached hydrogens (tertiary/aromatic N) is 1. The summed E-state index contributed by atoms with van der Waals surface area (Å²) in [4.78, 5) is 0. The van der Waals surface area contributed by atoms with Crippen molar-refractivity contribution in [2.75, 3.05) is 0 Å². The van der Waals surface area contributed by atoms with Crippen LogP contribution < -0.4 is 5.32 Å². The van der Waals surface area contributed by atoms with Crippen LogP contribution in [0.15, 0.2) is 24.3 Å². The van der Waals surface area contributed by atoms with Crippen molar-refractivity contribution in [3.05, 3.63) is 35.6 Å². The van der Waals surface area contributed by atoms with Crippen molar-refractivity contribution in [1.29, 1.82) is 5.26 Å². The van der Waals surface area contributed by atoms with Crippen LogP contribution in [0.4, 0.5) is 4.39 Å². The van der Waals surface area contributed by atoms with Gasteiger partial charge >= 0.3 is 0 Å². The molecule has 3 heteroatoms. The quantitative estimate of drug-likeness (QED) is 0.763. The number of hydrogen-bond acceptors (Lipinski definition) is 2. The van der Waals surface area contributed by atoms with Gasteiger partial charge in [0.2, 0.25) is 0 Å². The fourth-order valence-corrected chi connectivity index (χ4v) is 2.04. The molecule has 2 atom stereocenters. The van der Waals surface area contributed by atoms with E-state index in [-0.39, 0.29) is 17.9 Å². The van der Waals surface area contributed by atoms with Gasteiger partial charge in [-0.05, 0) is 25.3 Å². The Bertz CT molecular complexity index is 383. The van der Waals surface area contributed by atoms with Crippen LogP contribution in [-0.2, 0) is 0 Å². The van der Waals surface area contributed by atoms with Crippen molar-refractivity contribution >= 4 is 0 Å². The lowest BCUT2D eigenvalue weighted by Crippen LogP contribution is -2.36. The van der Waals surface area contributed by atoms with E-state index in [0.29, 0.717) is 5.56 Å². The van der Waals surface area contributed by atoms with Crippen molar-refractivity contribution in [2.45, 2.75) is 31.3 Å². The monoisotopic (exact) mass is 204 g/mol. The summed E-state index contributed by atoms with van der Waals surface area (Å²) >= 11 is 0. The van der Waals surface area contributed by atoms with E-state index < -0.39 is 0 Å². The SMILES string of the molecule is N#CC1CCCC(c2ccccc2F)N1. The summed E-state index contributed by atoms with van der Waals surface area (Å²) in [6.45, 7) is 0. The van der Waals surface area contributed by atoms with Crippen LogP contribution in [0, 0.1) is 17.1 Å². The Morgan fingerprint density at radius 3 is 2.87 bits per heavy atom. The number of benzene rings is 1. The third-order valence-electron chi connectivity index (χ3n) is 2.82. The van der Waals surface area contributed by atoms with Crippen molar-refractivity contribution < 1.29 is 4.39 Å². The van der Waals surface area contributed by atoms with Gasteiger partial charge in [0.15, 0.2) is 0 Å². The Morgan fingerprint density at radius 1 is 1.33 bits per heavy atom. The molecule has 1 aromatic carbocycles. The van der Waals surface area contributed by atoms with Crippen molar-refractivity contribution in [3.63, 3.8) is 0 Å². The van der Waals surface area contributed by atoms with E-state index in [2.05, 4.69) is 11.4 Å². The minimum absolute atomic E-state index is 0.00963. The fraction of sp³-hybridized carbons (Fsp3) is 0.417. The number of nitriles is 1. The normalized spacial score (nSPS) is 25.9. The Kier molecular flexibility index (Phi) is 2.98. The van der Waals surface area contributed by atoms with Crippen LogP contribution in [0.25, 0.3) is 0 Å². The van der Waals surface area contributed by atoms with Crippen LogP contribution in [0.3, 0.4) is 0 Å². The number of halogens is 1. The van der Waals surface area contributed by atoms with Gasteiger partial charge in [0, 0.05) is 11.6 Å². The summed E-state index contributed by atoms with van der Waals surface area (Å²) in [5, 5.41) is 12.0. The minimum atomic E-state index is -0.186. The molecule has 0 aromatic heterocycles. The molecule has 2 rings (SSSR count). The third-order valence-corrected chi connectivity index (χ3v) is 2.82. The number of rotatable bonds is 1. The largest absolute Gasteiger partial charge is 0.295 e. The van der Waals surface area contributed by atoms with Gasteiger partial charge in [0.05, 0.1) is 12.1 Å². The summed E-state index contributed by atoms with van der Waals surface area (Å²) in [5.74, 6) is -0.186. The molecule has 1 fully saturated rings. The molecule has 0 aliphatic carbocycles. The van der Waals surface area contributed by atoms with E-state index in [1.807, 2.05) is 6.07 Å². The average Bonchev–Trinajstić information content (AvgIpc) is 2.30. The molecule has 0 amide bonds. The summed E-state index contributed by atoms with van der Waals surface area (Å²) in [5.41, 5.74) is 0.678. The van der Waals surface area contributed by atoms with Crippen LogP contribution in [-0.4, -0.2) is 6.04 Å². The highest BCUT2D eigenvalue weighted by Gasteiger charge is 2.23. The first kappa shape index (κ1) is 10.1. The second-order valence-electron chi connectivity index (χ2n) is 3.85. The first-order valence-corrected chi connectivity index (χ1v) is 5.21. The van der Waals surface area contributed by atoms with Gasteiger partial charge in [-0.1, -0.05) is 18.2 Å². The summed E-state index contributed by atoms with van der Waals surface area (Å²) in [6.07, 6.45) is 2.74. The Hall–Kier alpha value is -1.40. The molecular formula is C12H13FN2. The summed E-state index contributed by atoms with van der Waals surface area (Å²) in [7, 11) is 0. The molecule has 1 N–H and O–H groups in total. The van der Waals surface area contributed by atoms with Crippen molar-refractivity contribution in [3.8, 4) is 6.07 Å². The molecule has 1 aliphatic heterocycles. The van der Waals surface area contributed by atoms with Gasteiger partial charge in [-0.25, -0.2) is 4.39 Å². The zero-order valence-electron chi connectivity index (χ0n) is 8.41. The molecule has 0 spiro atoms. The van der Waals surface area contributed by atoms with Gasteiger partial charge in [0.1, 0.15) is 5.82 Å². The van der Waals surface area contributed by atoms with E-state index in [4.69, 9.17) is 5.26 Å². The van der Waals surface area contributed by atoms with Crippen LogP contribution in [0.1, 0.15) is 30.9 Å². The van der Waals surface area contributed by atoms with E-state index >= 15 is 0 Å². The van der Waals surface area contributed by atoms with Gasteiger partial charge in [0.25, 0.3) is 0 Å². The topological polar surface area (TPSA) is 35.8 Å². The van der Waals surface area contributed by atoms with E-state index in [9.17, 15) is 4.39 Å². The van der Waals surface area contributed by atoms with Gasteiger partial charge < -0.3 is 0 Å². The zero-order valence-corrected chi connectivity index (χ0v) is 8.41. The van der Waals surface area contributed by atoms with Crippen LogP contribution in [0.2, 0.25) is 0 Å². The second-order valence-corrected chi connectivity index (χ2v) is 3.85. The molecular weight excluding hydrogens is 191 g/mol. The molecule has 0 bridgehead atoms. The van der Waals surface area contributed by atoms with Crippen molar-refractivity contribution in [2.24, 2.45) is 0 Å². The van der Waals surface area contributed by atoms with Gasteiger partial charge in [-0.15, -0.1) is 0 Å². The fourth-order valence-electron chi connectivity index (χ4n) is 2.04. The standard InChI is InChI=1S/C12H13FN2/c13-11-6-2-1-5-10(11)12-7-3-4-9(8-14)15-12/h1-2,5-6,9,12,15H,3-4,7H2. The average molecular weight is 204 g/mol. The molecule has 1 aromatic rings. The molecule has 2 nitrogen and oxygen atoms in total. The smallest absolute Gasteiger partial charge is 0.127 e. The highest BCUT2D eigenvalue weighted by molar-refractivity contribution is 5.22. The molecule has 15 heavy (non-hydrogen) atoms. The Balaban J connectivity index is 2.18. The lowest BCUT2D eigenvalue weighted by molar-refractivity contribution is 0.359. The zero-order chi connectivity index (χ0) is 10.7. The lowest BCUT2D eigenvalue weighted by Gasteiger charge is -2.27. The van der Waals surface area contributed by atoms with E-state index in [1.54, 1.807) is 12.1 Å².